The van der Waals surface area contributed by atoms with Crippen molar-refractivity contribution >= 4 is 17.7 Å². The van der Waals surface area contributed by atoms with Crippen LogP contribution in [0.15, 0.2) is 48.5 Å². The molecule has 1 heterocycles. The first-order chi connectivity index (χ1) is 12.8. The molecule has 3 rings (SSSR count). The van der Waals surface area contributed by atoms with Crippen molar-refractivity contribution in [2.45, 2.75) is 38.8 Å². The van der Waals surface area contributed by atoms with Crippen LogP contribution in [0.3, 0.4) is 0 Å². The van der Waals surface area contributed by atoms with Crippen LogP contribution < -0.4 is 15.4 Å². The number of amides is 2. The summed E-state index contributed by atoms with van der Waals surface area (Å²) < 4.78 is 10.8. The van der Waals surface area contributed by atoms with E-state index in [9.17, 15) is 9.59 Å². The van der Waals surface area contributed by atoms with Crippen molar-refractivity contribution in [3.05, 3.63) is 59.7 Å². The van der Waals surface area contributed by atoms with E-state index in [-0.39, 0.29) is 11.9 Å². The number of ether oxygens (including phenoxy) is 2. The van der Waals surface area contributed by atoms with Crippen molar-refractivity contribution in [2.24, 2.45) is 0 Å². The molecule has 1 aliphatic rings. The predicted molar refractivity (Wildman–Crippen MR) is 103 cm³/mol. The molecule has 142 valence electrons. The Morgan fingerprint density at radius 3 is 2.48 bits per heavy atom. The minimum Gasteiger partial charge on any atom is -0.493 e. The molecule has 0 unspecified atom stereocenters. The molecule has 2 aromatic rings. The van der Waals surface area contributed by atoms with Gasteiger partial charge in [-0.15, -0.1) is 0 Å². The van der Waals surface area contributed by atoms with E-state index >= 15 is 0 Å². The minimum absolute atomic E-state index is 0.0815. The van der Waals surface area contributed by atoms with Crippen molar-refractivity contribution < 1.29 is 19.1 Å². The summed E-state index contributed by atoms with van der Waals surface area (Å²) in [7, 11) is 0. The number of carbonyl (C=O) groups is 2. The quantitative estimate of drug-likeness (QED) is 0.847. The fourth-order valence-corrected chi connectivity index (χ4v) is 2.86. The summed E-state index contributed by atoms with van der Waals surface area (Å²) in [4.78, 5) is 24.4. The Morgan fingerprint density at radius 2 is 1.78 bits per heavy atom. The molecule has 0 bridgehead atoms. The van der Waals surface area contributed by atoms with Gasteiger partial charge in [0.25, 0.3) is 5.91 Å². The number of fused-ring (bicyclic) bond motifs is 1. The summed E-state index contributed by atoms with van der Waals surface area (Å²) >= 11 is 0. The van der Waals surface area contributed by atoms with E-state index in [4.69, 9.17) is 9.47 Å². The van der Waals surface area contributed by atoms with E-state index in [1.807, 2.05) is 24.3 Å². The zero-order valence-electron chi connectivity index (χ0n) is 15.7. The lowest BCUT2D eigenvalue weighted by atomic mass is 10.00. The number of hydrogen-bond donors (Lipinski definition) is 2. The molecule has 2 aromatic carbocycles. The number of nitrogens with one attached hydrogen (secondary N) is 2. The van der Waals surface area contributed by atoms with Gasteiger partial charge in [0.15, 0.2) is 0 Å². The van der Waals surface area contributed by atoms with Gasteiger partial charge in [-0.05, 0) is 51.1 Å². The summed E-state index contributed by atoms with van der Waals surface area (Å²) in [6.45, 7) is 5.97. The molecule has 0 saturated heterocycles. The molecule has 0 saturated carbocycles. The number of hydrogen-bond acceptors (Lipinski definition) is 4. The van der Waals surface area contributed by atoms with E-state index in [0.29, 0.717) is 17.9 Å². The largest absolute Gasteiger partial charge is 0.493 e. The van der Waals surface area contributed by atoms with Crippen molar-refractivity contribution in [2.75, 3.05) is 11.9 Å². The van der Waals surface area contributed by atoms with Crippen molar-refractivity contribution in [1.29, 1.82) is 0 Å². The lowest BCUT2D eigenvalue weighted by Gasteiger charge is -2.26. The zero-order valence-corrected chi connectivity index (χ0v) is 15.7. The molecule has 0 radical (unpaired) electrons. The van der Waals surface area contributed by atoms with E-state index in [2.05, 4.69) is 10.6 Å². The maximum Gasteiger partial charge on any atom is 0.412 e. The van der Waals surface area contributed by atoms with Crippen LogP contribution in [0.5, 0.6) is 5.75 Å². The van der Waals surface area contributed by atoms with Gasteiger partial charge in [-0.2, -0.15) is 0 Å². The highest BCUT2D eigenvalue weighted by Gasteiger charge is 2.23. The van der Waals surface area contributed by atoms with Gasteiger partial charge < -0.3 is 14.8 Å². The van der Waals surface area contributed by atoms with Crippen LogP contribution in [0.25, 0.3) is 0 Å². The Kier molecular flexibility index (Phi) is 5.35. The van der Waals surface area contributed by atoms with E-state index in [1.165, 1.54) is 0 Å². The smallest absolute Gasteiger partial charge is 0.412 e. The number of para-hydroxylation sites is 1. The standard InChI is InChI=1S/C21H24N2O4/c1-21(2,3)27-20(25)22-15-10-8-14(9-11-15)19(24)23-17-12-13-26-18-7-5-4-6-16(17)18/h4-11,17H,12-13H2,1-3H3,(H,22,25)(H,23,24)/t17-/m1/s1. The topological polar surface area (TPSA) is 76.7 Å². The molecule has 1 aliphatic heterocycles. The van der Waals surface area contributed by atoms with Gasteiger partial charge in [-0.25, -0.2) is 4.79 Å². The Morgan fingerprint density at radius 1 is 1.07 bits per heavy atom. The molecule has 0 fully saturated rings. The molecule has 0 aliphatic carbocycles. The number of rotatable bonds is 3. The van der Waals surface area contributed by atoms with Crippen molar-refractivity contribution in [3.8, 4) is 5.75 Å². The fraction of sp³-hybridized carbons (Fsp3) is 0.333. The first-order valence-corrected chi connectivity index (χ1v) is 8.94. The van der Waals surface area contributed by atoms with Crippen LogP contribution in [0, 0.1) is 0 Å². The van der Waals surface area contributed by atoms with Crippen LogP contribution in [0.4, 0.5) is 10.5 Å². The van der Waals surface area contributed by atoms with Crippen LogP contribution in [0.2, 0.25) is 0 Å². The van der Waals surface area contributed by atoms with Gasteiger partial charge >= 0.3 is 6.09 Å². The average Bonchev–Trinajstić information content (AvgIpc) is 2.61. The number of anilines is 1. The Balaban J connectivity index is 1.62. The maximum absolute atomic E-state index is 12.6. The molecule has 6 heteroatoms. The normalized spacial score (nSPS) is 15.9. The van der Waals surface area contributed by atoms with Crippen LogP contribution in [-0.2, 0) is 4.74 Å². The Bertz CT molecular complexity index is 825. The molecule has 0 aromatic heterocycles. The predicted octanol–water partition coefficient (Wildman–Crippen LogP) is 4.29. The summed E-state index contributed by atoms with van der Waals surface area (Å²) in [5.41, 5.74) is 1.51. The molecular weight excluding hydrogens is 344 g/mol. The van der Waals surface area contributed by atoms with E-state index in [1.54, 1.807) is 45.0 Å². The molecule has 27 heavy (non-hydrogen) atoms. The third kappa shape index (κ3) is 5.00. The molecule has 2 N–H and O–H groups in total. The number of carbonyl (C=O) groups excluding carboxylic acids is 2. The molecular formula is C21H24N2O4. The zero-order chi connectivity index (χ0) is 19.4. The summed E-state index contributed by atoms with van der Waals surface area (Å²) in [5.74, 6) is 0.645. The third-order valence-electron chi connectivity index (χ3n) is 4.06. The monoisotopic (exact) mass is 368 g/mol. The Labute approximate surface area is 158 Å². The highest BCUT2D eigenvalue weighted by molar-refractivity contribution is 5.95. The second kappa shape index (κ2) is 7.70. The van der Waals surface area contributed by atoms with Gasteiger partial charge in [0.2, 0.25) is 0 Å². The summed E-state index contributed by atoms with van der Waals surface area (Å²) in [6.07, 6.45) is 0.194. The molecule has 2 amide bonds. The number of benzene rings is 2. The second-order valence-corrected chi connectivity index (χ2v) is 7.41. The highest BCUT2D eigenvalue weighted by Crippen LogP contribution is 2.31. The molecule has 6 nitrogen and oxygen atoms in total. The Hall–Kier alpha value is -3.02. The average molecular weight is 368 g/mol. The van der Waals surface area contributed by atoms with Gasteiger partial charge in [0.1, 0.15) is 11.4 Å². The minimum atomic E-state index is -0.566. The summed E-state index contributed by atoms with van der Waals surface area (Å²) in [6, 6.07) is 14.3. The summed E-state index contributed by atoms with van der Waals surface area (Å²) in [5, 5.41) is 5.70. The van der Waals surface area contributed by atoms with Crippen LogP contribution in [-0.4, -0.2) is 24.2 Å². The van der Waals surface area contributed by atoms with Gasteiger partial charge in [-0.3, -0.25) is 10.1 Å². The highest BCUT2D eigenvalue weighted by atomic mass is 16.6. The third-order valence-corrected chi connectivity index (χ3v) is 4.06. The lowest BCUT2D eigenvalue weighted by Crippen LogP contribution is -2.32. The van der Waals surface area contributed by atoms with Crippen molar-refractivity contribution in [3.63, 3.8) is 0 Å². The van der Waals surface area contributed by atoms with E-state index < -0.39 is 11.7 Å². The van der Waals surface area contributed by atoms with Gasteiger partial charge in [0.05, 0.1) is 12.6 Å². The van der Waals surface area contributed by atoms with Crippen LogP contribution in [0.1, 0.15) is 49.2 Å². The van der Waals surface area contributed by atoms with E-state index in [0.717, 1.165) is 17.7 Å². The fourth-order valence-electron chi connectivity index (χ4n) is 2.86. The lowest BCUT2D eigenvalue weighted by molar-refractivity contribution is 0.0635. The first-order valence-electron chi connectivity index (χ1n) is 8.94. The van der Waals surface area contributed by atoms with Crippen LogP contribution >= 0.6 is 0 Å². The second-order valence-electron chi connectivity index (χ2n) is 7.41. The van der Waals surface area contributed by atoms with Crippen molar-refractivity contribution in [1.82, 2.24) is 5.32 Å². The maximum atomic E-state index is 12.6. The SMILES string of the molecule is CC(C)(C)OC(=O)Nc1ccc(C(=O)N[C@@H]2CCOc3ccccc32)cc1. The molecule has 1 atom stereocenters. The first kappa shape index (κ1) is 18.8. The van der Waals surface area contributed by atoms with Gasteiger partial charge in [0, 0.05) is 23.2 Å². The van der Waals surface area contributed by atoms with Gasteiger partial charge in [-0.1, -0.05) is 18.2 Å². The molecule has 0 spiro atoms.